The van der Waals surface area contributed by atoms with Crippen molar-refractivity contribution in [2.75, 3.05) is 6.54 Å². The lowest BCUT2D eigenvalue weighted by Crippen LogP contribution is -2.46. The second-order valence-corrected chi connectivity index (χ2v) is 3.63. The van der Waals surface area contributed by atoms with Crippen LogP contribution >= 0.6 is 0 Å². The molecule has 2 amide bonds. The number of hydrogen-bond acceptors (Lipinski definition) is 3. The Morgan fingerprint density at radius 2 is 2.00 bits per heavy atom. The van der Waals surface area contributed by atoms with Crippen LogP contribution in [0.4, 0.5) is 0 Å². The number of carboxylic acids is 1. The summed E-state index contributed by atoms with van der Waals surface area (Å²) in [6, 6.07) is -0.814. The molecule has 0 spiro atoms. The van der Waals surface area contributed by atoms with Crippen LogP contribution in [0.25, 0.3) is 0 Å². The molecule has 1 saturated carbocycles. The summed E-state index contributed by atoms with van der Waals surface area (Å²) in [5.41, 5.74) is 0. The summed E-state index contributed by atoms with van der Waals surface area (Å²) in [5, 5.41) is 13.5. The second kappa shape index (κ2) is 4.77. The Morgan fingerprint density at radius 1 is 1.40 bits per heavy atom. The minimum absolute atomic E-state index is 0.0452. The summed E-state index contributed by atoms with van der Waals surface area (Å²) < 4.78 is 0. The smallest absolute Gasteiger partial charge is 0.326 e. The summed E-state index contributed by atoms with van der Waals surface area (Å²) in [7, 11) is 0. The van der Waals surface area contributed by atoms with Gasteiger partial charge in [0.15, 0.2) is 0 Å². The highest BCUT2D eigenvalue weighted by atomic mass is 16.4. The maximum absolute atomic E-state index is 11.2. The van der Waals surface area contributed by atoms with E-state index in [4.69, 9.17) is 5.11 Å². The zero-order chi connectivity index (χ0) is 11.4. The van der Waals surface area contributed by atoms with Gasteiger partial charge >= 0.3 is 5.97 Å². The average Bonchev–Trinajstić information content (AvgIpc) is 2.93. The van der Waals surface area contributed by atoms with Crippen LogP contribution in [0.15, 0.2) is 0 Å². The Balaban J connectivity index is 2.34. The van der Waals surface area contributed by atoms with E-state index in [0.29, 0.717) is 0 Å². The molecule has 0 radical (unpaired) electrons. The maximum atomic E-state index is 11.2. The molecule has 0 aromatic heterocycles. The van der Waals surface area contributed by atoms with Gasteiger partial charge in [0.1, 0.15) is 6.04 Å². The summed E-state index contributed by atoms with van der Waals surface area (Å²) in [6.07, 6.45) is 1.66. The molecule has 1 aliphatic carbocycles. The minimum atomic E-state index is -1.02. The Bertz CT molecular complexity index is 286. The van der Waals surface area contributed by atoms with Crippen molar-refractivity contribution in [2.24, 2.45) is 5.92 Å². The molecule has 6 nitrogen and oxygen atoms in total. The van der Waals surface area contributed by atoms with E-state index < -0.39 is 17.9 Å². The largest absolute Gasteiger partial charge is 0.480 e. The normalized spacial score (nSPS) is 16.6. The first kappa shape index (κ1) is 11.5. The third-order valence-electron chi connectivity index (χ3n) is 2.17. The molecule has 6 heteroatoms. The van der Waals surface area contributed by atoms with Crippen molar-refractivity contribution in [3.8, 4) is 0 Å². The van der Waals surface area contributed by atoms with Crippen LogP contribution < -0.4 is 10.6 Å². The molecule has 1 aliphatic rings. The number of rotatable bonds is 5. The molecule has 0 aliphatic heterocycles. The second-order valence-electron chi connectivity index (χ2n) is 3.63. The molecule has 1 fully saturated rings. The van der Waals surface area contributed by atoms with Crippen LogP contribution in [0.5, 0.6) is 0 Å². The lowest BCUT2D eigenvalue weighted by Gasteiger charge is -2.13. The standard InChI is InChI=1S/C9H14N2O4/c1-5(12)10-4-7(13)11-8(9(14)15)6-2-3-6/h6,8H,2-4H2,1H3,(H,10,12)(H,11,13)(H,14,15). The number of hydrogen-bond donors (Lipinski definition) is 3. The molecule has 0 aromatic carbocycles. The number of aliphatic carboxylic acids is 1. The fraction of sp³-hybridized carbons (Fsp3) is 0.667. The van der Waals surface area contributed by atoms with Gasteiger partial charge in [0.2, 0.25) is 11.8 Å². The Kier molecular flexibility index (Phi) is 3.65. The van der Waals surface area contributed by atoms with Gasteiger partial charge in [0.25, 0.3) is 0 Å². The number of amides is 2. The molecule has 1 unspecified atom stereocenters. The van der Waals surface area contributed by atoms with Crippen LogP contribution in [0.3, 0.4) is 0 Å². The Morgan fingerprint density at radius 3 is 2.40 bits per heavy atom. The number of carbonyl (C=O) groups is 3. The van der Waals surface area contributed by atoms with E-state index >= 15 is 0 Å². The molecule has 0 heterocycles. The molecule has 0 aromatic rings. The predicted octanol–water partition coefficient (Wildman–Crippen LogP) is -0.898. The fourth-order valence-electron chi connectivity index (χ4n) is 1.24. The van der Waals surface area contributed by atoms with Crippen molar-refractivity contribution < 1.29 is 19.5 Å². The van der Waals surface area contributed by atoms with Gasteiger partial charge in [-0.2, -0.15) is 0 Å². The summed E-state index contributed by atoms with van der Waals surface area (Å²) in [4.78, 5) is 32.5. The van der Waals surface area contributed by atoms with Crippen molar-refractivity contribution in [1.82, 2.24) is 10.6 Å². The van der Waals surface area contributed by atoms with Crippen LogP contribution in [-0.4, -0.2) is 35.5 Å². The first-order valence-corrected chi connectivity index (χ1v) is 4.77. The van der Waals surface area contributed by atoms with Crippen LogP contribution in [0.2, 0.25) is 0 Å². The van der Waals surface area contributed by atoms with Gasteiger partial charge in [-0.25, -0.2) is 4.79 Å². The minimum Gasteiger partial charge on any atom is -0.480 e. The molecular weight excluding hydrogens is 200 g/mol. The van der Waals surface area contributed by atoms with Crippen molar-refractivity contribution >= 4 is 17.8 Å². The summed E-state index contributed by atoms with van der Waals surface area (Å²) in [6.45, 7) is 1.12. The molecule has 0 bridgehead atoms. The SMILES string of the molecule is CC(=O)NCC(=O)NC(C(=O)O)C1CC1. The number of carboxylic acid groups (broad SMARTS) is 1. The highest BCUT2D eigenvalue weighted by Gasteiger charge is 2.37. The van der Waals surface area contributed by atoms with E-state index in [1.807, 2.05) is 0 Å². The molecule has 1 atom stereocenters. The molecule has 3 N–H and O–H groups in total. The van der Waals surface area contributed by atoms with Gasteiger partial charge in [-0.15, -0.1) is 0 Å². The summed E-state index contributed by atoms with van der Waals surface area (Å²) in [5.74, 6) is -1.76. The van der Waals surface area contributed by atoms with Gasteiger partial charge in [-0.3, -0.25) is 9.59 Å². The predicted molar refractivity (Wildman–Crippen MR) is 51.0 cm³/mol. The molecule has 84 valence electrons. The third-order valence-corrected chi connectivity index (χ3v) is 2.17. The molecule has 15 heavy (non-hydrogen) atoms. The first-order chi connectivity index (χ1) is 7.00. The zero-order valence-electron chi connectivity index (χ0n) is 8.45. The average molecular weight is 214 g/mol. The van der Waals surface area contributed by atoms with Gasteiger partial charge < -0.3 is 15.7 Å². The van der Waals surface area contributed by atoms with E-state index in [1.54, 1.807) is 0 Å². The third kappa shape index (κ3) is 3.97. The van der Waals surface area contributed by atoms with E-state index in [0.717, 1.165) is 12.8 Å². The molecular formula is C9H14N2O4. The molecule has 1 rings (SSSR count). The van der Waals surface area contributed by atoms with Gasteiger partial charge in [0, 0.05) is 6.92 Å². The topological polar surface area (TPSA) is 95.5 Å². The van der Waals surface area contributed by atoms with Gasteiger partial charge in [-0.05, 0) is 18.8 Å². The van der Waals surface area contributed by atoms with Crippen molar-refractivity contribution in [1.29, 1.82) is 0 Å². The highest BCUT2D eigenvalue weighted by Crippen LogP contribution is 2.32. The van der Waals surface area contributed by atoms with Gasteiger partial charge in [-0.1, -0.05) is 0 Å². The Hall–Kier alpha value is -1.59. The van der Waals surface area contributed by atoms with E-state index in [9.17, 15) is 14.4 Å². The van der Waals surface area contributed by atoms with Crippen molar-refractivity contribution in [2.45, 2.75) is 25.8 Å². The maximum Gasteiger partial charge on any atom is 0.326 e. The lowest BCUT2D eigenvalue weighted by atomic mass is 10.2. The van der Waals surface area contributed by atoms with E-state index in [-0.39, 0.29) is 18.4 Å². The lowest BCUT2D eigenvalue weighted by molar-refractivity contribution is -0.142. The fourth-order valence-corrected chi connectivity index (χ4v) is 1.24. The van der Waals surface area contributed by atoms with E-state index in [2.05, 4.69) is 10.6 Å². The highest BCUT2D eigenvalue weighted by molar-refractivity contribution is 5.87. The summed E-state index contributed by atoms with van der Waals surface area (Å²) >= 11 is 0. The van der Waals surface area contributed by atoms with E-state index in [1.165, 1.54) is 6.92 Å². The number of nitrogens with one attached hydrogen (secondary N) is 2. The number of carbonyl (C=O) groups excluding carboxylic acids is 2. The first-order valence-electron chi connectivity index (χ1n) is 4.77. The molecule has 0 saturated heterocycles. The van der Waals surface area contributed by atoms with Gasteiger partial charge in [0.05, 0.1) is 6.54 Å². The van der Waals surface area contributed by atoms with Crippen LogP contribution in [0.1, 0.15) is 19.8 Å². The van der Waals surface area contributed by atoms with Crippen LogP contribution in [0, 0.1) is 5.92 Å². The Labute approximate surface area is 87.0 Å². The quantitative estimate of drug-likeness (QED) is 0.552. The van der Waals surface area contributed by atoms with Crippen molar-refractivity contribution in [3.05, 3.63) is 0 Å². The van der Waals surface area contributed by atoms with Crippen molar-refractivity contribution in [3.63, 3.8) is 0 Å². The van der Waals surface area contributed by atoms with Crippen LogP contribution in [-0.2, 0) is 14.4 Å². The zero-order valence-corrected chi connectivity index (χ0v) is 8.45. The monoisotopic (exact) mass is 214 g/mol.